The maximum atomic E-state index is 12.0. The quantitative estimate of drug-likeness (QED) is 0.738. The molecular weight excluding hydrogens is 214 g/mol. The maximum absolute atomic E-state index is 12.0. The fourth-order valence-corrected chi connectivity index (χ4v) is 1.74. The van der Waals surface area contributed by atoms with Crippen molar-refractivity contribution >= 4 is 5.78 Å². The Balaban J connectivity index is 2.65. The Labute approximate surface area is 103 Å². The first-order valence-corrected chi connectivity index (χ1v) is 6.16. The van der Waals surface area contributed by atoms with E-state index in [4.69, 9.17) is 4.74 Å². The molecule has 0 aromatic heterocycles. The van der Waals surface area contributed by atoms with Crippen LogP contribution in [-0.2, 0) is 0 Å². The smallest absolute Gasteiger partial charge is 0.164 e. The highest BCUT2D eigenvalue weighted by atomic mass is 16.5. The van der Waals surface area contributed by atoms with Crippen molar-refractivity contribution in [2.45, 2.75) is 33.2 Å². The monoisotopic (exact) mass is 235 g/mol. The topological polar surface area (TPSA) is 38.3 Å². The third-order valence-corrected chi connectivity index (χ3v) is 2.51. The van der Waals surface area contributed by atoms with E-state index in [-0.39, 0.29) is 11.8 Å². The standard InChI is InChI=1S/C14H21NO2/c1-4-15-11(3)9-14(16)12-7-6-8-13(10-12)17-5-2/h6-8,10-11,15H,4-5,9H2,1-3H3. The first-order chi connectivity index (χ1) is 8.17. The van der Waals surface area contributed by atoms with Crippen LogP contribution in [0.2, 0.25) is 0 Å². The van der Waals surface area contributed by atoms with Crippen molar-refractivity contribution < 1.29 is 9.53 Å². The summed E-state index contributed by atoms with van der Waals surface area (Å²) in [5, 5.41) is 3.23. The van der Waals surface area contributed by atoms with E-state index in [1.165, 1.54) is 0 Å². The molecule has 0 heterocycles. The molecule has 0 aliphatic rings. The van der Waals surface area contributed by atoms with E-state index in [0.29, 0.717) is 13.0 Å². The van der Waals surface area contributed by atoms with Crippen molar-refractivity contribution in [1.82, 2.24) is 5.32 Å². The minimum Gasteiger partial charge on any atom is -0.494 e. The molecule has 1 unspecified atom stereocenters. The van der Waals surface area contributed by atoms with Crippen LogP contribution in [-0.4, -0.2) is 25.0 Å². The van der Waals surface area contributed by atoms with Gasteiger partial charge in [0.1, 0.15) is 5.75 Å². The zero-order valence-corrected chi connectivity index (χ0v) is 10.8. The number of hydrogen-bond donors (Lipinski definition) is 1. The number of Topliss-reactive ketones (excluding diaryl/α,β-unsaturated/α-hetero) is 1. The van der Waals surface area contributed by atoms with Crippen molar-refractivity contribution in [3.63, 3.8) is 0 Å². The maximum Gasteiger partial charge on any atom is 0.164 e. The molecule has 1 atom stereocenters. The van der Waals surface area contributed by atoms with Gasteiger partial charge in [0, 0.05) is 18.0 Å². The van der Waals surface area contributed by atoms with Gasteiger partial charge in [0.2, 0.25) is 0 Å². The second-order valence-corrected chi connectivity index (χ2v) is 4.05. The molecule has 0 saturated heterocycles. The van der Waals surface area contributed by atoms with Gasteiger partial charge in [-0.1, -0.05) is 19.1 Å². The predicted octanol–water partition coefficient (Wildman–Crippen LogP) is 2.66. The number of carbonyl (C=O) groups is 1. The second-order valence-electron chi connectivity index (χ2n) is 4.05. The van der Waals surface area contributed by atoms with E-state index in [0.717, 1.165) is 17.9 Å². The van der Waals surface area contributed by atoms with Crippen LogP contribution in [0, 0.1) is 0 Å². The average Bonchev–Trinajstić information content (AvgIpc) is 2.30. The van der Waals surface area contributed by atoms with Crippen molar-refractivity contribution in [3.8, 4) is 5.75 Å². The van der Waals surface area contributed by atoms with Gasteiger partial charge in [-0.3, -0.25) is 4.79 Å². The number of nitrogens with one attached hydrogen (secondary N) is 1. The highest BCUT2D eigenvalue weighted by Gasteiger charge is 2.10. The number of ketones is 1. The zero-order valence-electron chi connectivity index (χ0n) is 10.8. The molecule has 3 nitrogen and oxygen atoms in total. The summed E-state index contributed by atoms with van der Waals surface area (Å²) < 4.78 is 5.38. The molecule has 0 bridgehead atoms. The van der Waals surface area contributed by atoms with E-state index >= 15 is 0 Å². The molecule has 17 heavy (non-hydrogen) atoms. The third-order valence-electron chi connectivity index (χ3n) is 2.51. The van der Waals surface area contributed by atoms with Gasteiger partial charge in [0.05, 0.1) is 6.61 Å². The van der Waals surface area contributed by atoms with Crippen LogP contribution < -0.4 is 10.1 Å². The van der Waals surface area contributed by atoms with Crippen molar-refractivity contribution in [1.29, 1.82) is 0 Å². The Hall–Kier alpha value is -1.35. The van der Waals surface area contributed by atoms with Crippen LogP contribution >= 0.6 is 0 Å². The first-order valence-electron chi connectivity index (χ1n) is 6.16. The molecule has 1 rings (SSSR count). The van der Waals surface area contributed by atoms with Gasteiger partial charge < -0.3 is 10.1 Å². The zero-order chi connectivity index (χ0) is 12.7. The summed E-state index contributed by atoms with van der Waals surface area (Å²) in [5.41, 5.74) is 0.723. The van der Waals surface area contributed by atoms with Gasteiger partial charge >= 0.3 is 0 Å². The molecule has 0 saturated carbocycles. The summed E-state index contributed by atoms with van der Waals surface area (Å²) in [6, 6.07) is 7.58. The molecule has 0 radical (unpaired) electrons. The molecule has 3 heteroatoms. The molecule has 0 amide bonds. The molecule has 1 N–H and O–H groups in total. The second kappa shape index (κ2) is 7.07. The molecule has 1 aromatic rings. The van der Waals surface area contributed by atoms with Crippen molar-refractivity contribution in [2.24, 2.45) is 0 Å². The lowest BCUT2D eigenvalue weighted by Gasteiger charge is -2.11. The van der Waals surface area contributed by atoms with Gasteiger partial charge in [0.15, 0.2) is 5.78 Å². The SMILES string of the molecule is CCNC(C)CC(=O)c1cccc(OCC)c1. The summed E-state index contributed by atoms with van der Waals surface area (Å²) in [6.45, 7) is 7.49. The summed E-state index contributed by atoms with van der Waals surface area (Å²) in [5.74, 6) is 0.912. The van der Waals surface area contributed by atoms with Crippen LogP contribution in [0.1, 0.15) is 37.6 Å². The molecular formula is C14H21NO2. The lowest BCUT2D eigenvalue weighted by Crippen LogP contribution is -2.28. The highest BCUT2D eigenvalue weighted by molar-refractivity contribution is 5.96. The molecule has 0 aliphatic heterocycles. The van der Waals surface area contributed by atoms with Crippen LogP contribution in [0.15, 0.2) is 24.3 Å². The average molecular weight is 235 g/mol. The number of carbonyl (C=O) groups excluding carboxylic acids is 1. The van der Waals surface area contributed by atoms with E-state index in [1.807, 2.05) is 45.0 Å². The molecule has 0 fully saturated rings. The Bertz CT molecular complexity index is 363. The summed E-state index contributed by atoms with van der Waals surface area (Å²) >= 11 is 0. The minimum absolute atomic E-state index is 0.153. The molecule has 0 spiro atoms. The van der Waals surface area contributed by atoms with Crippen molar-refractivity contribution in [2.75, 3.05) is 13.2 Å². The van der Waals surface area contributed by atoms with Gasteiger partial charge in [-0.15, -0.1) is 0 Å². The Morgan fingerprint density at radius 1 is 1.41 bits per heavy atom. The number of hydrogen-bond acceptors (Lipinski definition) is 3. The first kappa shape index (κ1) is 13.7. The molecule has 94 valence electrons. The van der Waals surface area contributed by atoms with E-state index in [9.17, 15) is 4.79 Å². The number of benzene rings is 1. The van der Waals surface area contributed by atoms with Gasteiger partial charge in [-0.05, 0) is 32.5 Å². The molecule has 1 aromatic carbocycles. The number of rotatable bonds is 7. The van der Waals surface area contributed by atoms with Crippen LogP contribution in [0.25, 0.3) is 0 Å². The Morgan fingerprint density at radius 3 is 2.82 bits per heavy atom. The van der Waals surface area contributed by atoms with Crippen LogP contribution in [0.4, 0.5) is 0 Å². The van der Waals surface area contributed by atoms with Crippen molar-refractivity contribution in [3.05, 3.63) is 29.8 Å². The summed E-state index contributed by atoms with van der Waals surface area (Å²) in [6.07, 6.45) is 0.517. The van der Waals surface area contributed by atoms with E-state index < -0.39 is 0 Å². The van der Waals surface area contributed by atoms with Gasteiger partial charge in [0.25, 0.3) is 0 Å². The fraction of sp³-hybridized carbons (Fsp3) is 0.500. The largest absolute Gasteiger partial charge is 0.494 e. The fourth-order valence-electron chi connectivity index (χ4n) is 1.74. The lowest BCUT2D eigenvalue weighted by atomic mass is 10.0. The van der Waals surface area contributed by atoms with Gasteiger partial charge in [-0.25, -0.2) is 0 Å². The van der Waals surface area contributed by atoms with E-state index in [2.05, 4.69) is 5.32 Å². The van der Waals surface area contributed by atoms with Crippen LogP contribution in [0.5, 0.6) is 5.75 Å². The summed E-state index contributed by atoms with van der Waals surface area (Å²) in [4.78, 5) is 12.0. The normalized spacial score (nSPS) is 12.2. The molecule has 0 aliphatic carbocycles. The third kappa shape index (κ3) is 4.57. The lowest BCUT2D eigenvalue weighted by molar-refractivity contribution is 0.0971. The van der Waals surface area contributed by atoms with Gasteiger partial charge in [-0.2, -0.15) is 0 Å². The summed E-state index contributed by atoms with van der Waals surface area (Å²) in [7, 11) is 0. The number of ether oxygens (including phenoxy) is 1. The Morgan fingerprint density at radius 2 is 2.18 bits per heavy atom. The highest BCUT2D eigenvalue weighted by Crippen LogP contribution is 2.15. The predicted molar refractivity (Wildman–Crippen MR) is 69.7 cm³/mol. The van der Waals surface area contributed by atoms with E-state index in [1.54, 1.807) is 0 Å². The Kier molecular flexibility index (Phi) is 5.70. The van der Waals surface area contributed by atoms with Crippen LogP contribution in [0.3, 0.4) is 0 Å². The minimum atomic E-state index is 0.153.